The molecule has 2 aliphatic rings. The first-order chi connectivity index (χ1) is 15.9. The average Bonchev–Trinajstić information content (AvgIpc) is 3.55. The van der Waals surface area contributed by atoms with Crippen molar-refractivity contribution >= 4 is 40.1 Å². The monoisotopic (exact) mass is 488 g/mol. The third-order valence-electron chi connectivity index (χ3n) is 7.04. The number of likely N-dealkylation sites (tertiary alicyclic amines) is 1. The Bertz CT molecular complexity index is 1200. The maximum absolute atomic E-state index is 15.0. The lowest BCUT2D eigenvalue weighted by atomic mass is 9.93. The van der Waals surface area contributed by atoms with Crippen LogP contribution in [0.15, 0.2) is 36.5 Å². The van der Waals surface area contributed by atoms with Gasteiger partial charge in [-0.2, -0.15) is 0 Å². The number of aromatic nitrogens is 1. The minimum Gasteiger partial charge on any atom is -0.481 e. The van der Waals surface area contributed by atoms with Gasteiger partial charge < -0.3 is 9.67 Å². The highest BCUT2D eigenvalue weighted by molar-refractivity contribution is 6.36. The van der Waals surface area contributed by atoms with Crippen molar-refractivity contribution in [1.29, 1.82) is 0 Å². The van der Waals surface area contributed by atoms with Crippen LogP contribution in [0.1, 0.15) is 54.7 Å². The lowest BCUT2D eigenvalue weighted by molar-refractivity contribution is -0.138. The van der Waals surface area contributed by atoms with Gasteiger partial charge in [0.1, 0.15) is 5.82 Å². The summed E-state index contributed by atoms with van der Waals surface area (Å²) in [7, 11) is 0. The van der Waals surface area contributed by atoms with E-state index in [1.807, 2.05) is 29.0 Å². The van der Waals surface area contributed by atoms with Crippen molar-refractivity contribution in [1.82, 2.24) is 9.47 Å². The fourth-order valence-corrected chi connectivity index (χ4v) is 5.57. The van der Waals surface area contributed by atoms with Gasteiger partial charge in [-0.15, -0.1) is 0 Å². The molecular weight excluding hydrogens is 462 g/mol. The third-order valence-corrected chi connectivity index (χ3v) is 7.87. The fourth-order valence-electron chi connectivity index (χ4n) is 5.02. The topological polar surface area (TPSA) is 45.5 Å². The molecule has 1 N–H and O–H groups in total. The Labute approximate surface area is 202 Å². The summed E-state index contributed by atoms with van der Waals surface area (Å²) in [5.41, 5.74) is 3.45. The molecular formula is C26H27Cl2FN2O2. The zero-order valence-corrected chi connectivity index (χ0v) is 19.9. The number of rotatable bonds is 7. The first-order valence-corrected chi connectivity index (χ1v) is 12.3. The van der Waals surface area contributed by atoms with Gasteiger partial charge in [0.25, 0.3) is 0 Å². The number of nitrogens with zero attached hydrogens (tertiary/aromatic N) is 2. The molecule has 5 rings (SSSR count). The number of hydrogen-bond acceptors (Lipinski definition) is 2. The van der Waals surface area contributed by atoms with Crippen molar-refractivity contribution in [3.05, 3.63) is 69.1 Å². The van der Waals surface area contributed by atoms with Crippen molar-refractivity contribution in [2.75, 3.05) is 13.1 Å². The van der Waals surface area contributed by atoms with E-state index in [2.05, 4.69) is 11.0 Å². The van der Waals surface area contributed by atoms with E-state index in [1.54, 1.807) is 6.07 Å². The maximum atomic E-state index is 15.0. The predicted octanol–water partition coefficient (Wildman–Crippen LogP) is 6.70. The molecule has 1 aromatic heterocycles. The Morgan fingerprint density at radius 3 is 2.52 bits per heavy atom. The molecule has 1 aliphatic heterocycles. The summed E-state index contributed by atoms with van der Waals surface area (Å²) >= 11 is 13.4. The first kappa shape index (κ1) is 22.7. The van der Waals surface area contributed by atoms with E-state index in [4.69, 9.17) is 28.3 Å². The van der Waals surface area contributed by atoms with Crippen LogP contribution in [0.5, 0.6) is 0 Å². The van der Waals surface area contributed by atoms with Crippen molar-refractivity contribution < 1.29 is 14.3 Å². The summed E-state index contributed by atoms with van der Waals surface area (Å²) in [6.45, 7) is 2.79. The highest BCUT2D eigenvalue weighted by atomic mass is 35.5. The van der Waals surface area contributed by atoms with Crippen LogP contribution < -0.4 is 0 Å². The SMILES string of the molecule is O=C(O)CC1CCN(Cc2ccc(Cl)c(Cn3ccc4cc(C5CC5)cc(F)c43)c2Cl)CC1. The summed E-state index contributed by atoms with van der Waals surface area (Å²) in [5, 5.41) is 11.1. The molecule has 2 heterocycles. The largest absolute Gasteiger partial charge is 0.481 e. The summed E-state index contributed by atoms with van der Waals surface area (Å²) in [5.74, 6) is -0.182. The van der Waals surface area contributed by atoms with E-state index in [1.165, 1.54) is 0 Å². The van der Waals surface area contributed by atoms with Crippen LogP contribution in [0.4, 0.5) is 4.39 Å². The first-order valence-electron chi connectivity index (χ1n) is 11.6. The zero-order chi connectivity index (χ0) is 23.1. The Morgan fingerprint density at radius 2 is 1.82 bits per heavy atom. The van der Waals surface area contributed by atoms with E-state index >= 15 is 4.39 Å². The number of carboxylic acid groups (broad SMARTS) is 1. The summed E-state index contributed by atoms with van der Waals surface area (Å²) in [4.78, 5) is 13.3. The fraction of sp³-hybridized carbons (Fsp3) is 0.423. The summed E-state index contributed by atoms with van der Waals surface area (Å²) < 4.78 is 16.9. The highest BCUT2D eigenvalue weighted by Crippen LogP contribution is 2.42. The molecule has 1 saturated heterocycles. The van der Waals surface area contributed by atoms with E-state index in [0.29, 0.717) is 34.6 Å². The molecule has 1 saturated carbocycles. The number of fused-ring (bicyclic) bond motifs is 1. The van der Waals surface area contributed by atoms with Gasteiger partial charge in [0, 0.05) is 35.1 Å². The van der Waals surface area contributed by atoms with Crippen molar-refractivity contribution in [3.8, 4) is 0 Å². The number of benzene rings is 2. The van der Waals surface area contributed by atoms with E-state index in [-0.39, 0.29) is 18.2 Å². The molecule has 0 spiro atoms. The number of hydrogen-bond donors (Lipinski definition) is 1. The second-order valence-corrected chi connectivity index (χ2v) is 10.3. The van der Waals surface area contributed by atoms with E-state index in [0.717, 1.165) is 60.8 Å². The molecule has 0 unspecified atom stereocenters. The number of piperidine rings is 1. The lowest BCUT2D eigenvalue weighted by Gasteiger charge is -2.31. The minimum atomic E-state index is -0.725. The van der Waals surface area contributed by atoms with Crippen LogP contribution in [0.25, 0.3) is 10.9 Å². The lowest BCUT2D eigenvalue weighted by Crippen LogP contribution is -2.34. The van der Waals surface area contributed by atoms with Crippen LogP contribution in [-0.2, 0) is 17.9 Å². The minimum absolute atomic E-state index is 0.202. The molecule has 0 bridgehead atoms. The molecule has 0 amide bonds. The van der Waals surface area contributed by atoms with Crippen molar-refractivity contribution in [3.63, 3.8) is 0 Å². The third kappa shape index (κ3) is 4.91. The molecule has 174 valence electrons. The summed E-state index contributed by atoms with van der Waals surface area (Å²) in [6, 6.07) is 9.54. The molecule has 4 nitrogen and oxygen atoms in total. The van der Waals surface area contributed by atoms with Crippen LogP contribution in [0.2, 0.25) is 10.0 Å². The average molecular weight is 489 g/mol. The second-order valence-electron chi connectivity index (χ2n) is 9.47. The van der Waals surface area contributed by atoms with Gasteiger partial charge >= 0.3 is 5.97 Å². The van der Waals surface area contributed by atoms with Gasteiger partial charge in [-0.3, -0.25) is 9.69 Å². The molecule has 0 radical (unpaired) electrons. The van der Waals surface area contributed by atoms with Gasteiger partial charge in [-0.25, -0.2) is 4.39 Å². The number of halogens is 3. The van der Waals surface area contributed by atoms with Crippen LogP contribution >= 0.6 is 23.2 Å². The molecule has 3 aromatic rings. The number of carbonyl (C=O) groups is 1. The molecule has 1 aliphatic carbocycles. The Balaban J connectivity index is 1.34. The number of carboxylic acids is 1. The van der Waals surface area contributed by atoms with Crippen LogP contribution in [-0.4, -0.2) is 33.6 Å². The smallest absolute Gasteiger partial charge is 0.303 e. The number of aliphatic carboxylic acids is 1. The Morgan fingerprint density at radius 1 is 1.06 bits per heavy atom. The summed E-state index contributed by atoms with van der Waals surface area (Å²) in [6.07, 6.45) is 6.17. The molecule has 2 aromatic carbocycles. The van der Waals surface area contributed by atoms with Crippen LogP contribution in [0.3, 0.4) is 0 Å². The molecule has 0 atom stereocenters. The van der Waals surface area contributed by atoms with Crippen molar-refractivity contribution in [2.24, 2.45) is 5.92 Å². The Kier molecular flexibility index (Phi) is 6.39. The zero-order valence-electron chi connectivity index (χ0n) is 18.4. The normalized spacial score (nSPS) is 17.7. The molecule has 7 heteroatoms. The maximum Gasteiger partial charge on any atom is 0.303 e. The van der Waals surface area contributed by atoms with Gasteiger partial charge in [0.05, 0.1) is 17.1 Å². The second kappa shape index (κ2) is 9.28. The van der Waals surface area contributed by atoms with Crippen molar-refractivity contribution in [2.45, 2.75) is 51.1 Å². The van der Waals surface area contributed by atoms with Crippen LogP contribution in [0, 0.1) is 11.7 Å². The highest BCUT2D eigenvalue weighted by Gasteiger charge is 2.26. The standard InChI is InChI=1S/C26H27Cl2FN2O2/c27-22-4-3-19(14-30-8-5-16(6-9-30)11-24(32)33)25(28)21(22)15-31-10-7-18-12-20(17-1-2-17)13-23(29)26(18)31/h3-4,7,10,12-13,16-17H,1-2,5-6,8-9,11,14-15H2,(H,32,33). The van der Waals surface area contributed by atoms with Gasteiger partial charge in [-0.1, -0.05) is 29.3 Å². The van der Waals surface area contributed by atoms with E-state index < -0.39 is 5.97 Å². The van der Waals surface area contributed by atoms with Gasteiger partial charge in [0.15, 0.2) is 0 Å². The van der Waals surface area contributed by atoms with Gasteiger partial charge in [-0.05, 0) is 86.0 Å². The molecule has 2 fully saturated rings. The van der Waals surface area contributed by atoms with Gasteiger partial charge in [0.2, 0.25) is 0 Å². The van der Waals surface area contributed by atoms with E-state index in [9.17, 15) is 4.79 Å². The Hall–Kier alpha value is -2.08. The predicted molar refractivity (Wildman–Crippen MR) is 130 cm³/mol. The quantitative estimate of drug-likeness (QED) is 0.402. The molecule has 33 heavy (non-hydrogen) atoms.